The van der Waals surface area contributed by atoms with Gasteiger partial charge < -0.3 is 5.11 Å². The van der Waals surface area contributed by atoms with E-state index in [1.54, 1.807) is 12.2 Å². The number of carbonyl (C=O) groups is 1. The summed E-state index contributed by atoms with van der Waals surface area (Å²) in [5.74, 6) is -1.09. The molecule has 3 N–H and O–H groups in total. The molecule has 0 aliphatic carbocycles. The normalized spacial score (nSPS) is 30.5. The predicted molar refractivity (Wildman–Crippen MR) is 36.8 cm³/mol. The van der Waals surface area contributed by atoms with E-state index in [0.717, 1.165) is 0 Å². The summed E-state index contributed by atoms with van der Waals surface area (Å²) < 4.78 is 0. The molecule has 0 radical (unpaired) electrons. The molecule has 1 heterocycles. The van der Waals surface area contributed by atoms with Crippen LogP contribution in [0.2, 0.25) is 0 Å². The predicted octanol–water partition coefficient (Wildman–Crippen LogP) is -0.243. The molecule has 0 saturated carbocycles. The van der Waals surface area contributed by atoms with Crippen LogP contribution >= 0.6 is 0 Å². The van der Waals surface area contributed by atoms with E-state index in [1.807, 2.05) is 0 Å². The van der Waals surface area contributed by atoms with Crippen LogP contribution in [-0.4, -0.2) is 23.0 Å². The molecule has 0 aromatic rings. The SMILES string of the molecule is NC1(C(=O)O)CC=CC=N1. The highest BCUT2D eigenvalue weighted by atomic mass is 16.4. The number of nitrogens with two attached hydrogens (primary N) is 1. The Kier molecular flexibility index (Phi) is 1.55. The molecule has 54 valence electrons. The van der Waals surface area contributed by atoms with Crippen LogP contribution in [0.4, 0.5) is 0 Å². The number of aliphatic imine (C=N–C) groups is 1. The molecule has 10 heavy (non-hydrogen) atoms. The summed E-state index contributed by atoms with van der Waals surface area (Å²) in [4.78, 5) is 14.0. The van der Waals surface area contributed by atoms with Crippen molar-refractivity contribution in [3.05, 3.63) is 12.2 Å². The molecule has 1 aliphatic rings. The van der Waals surface area contributed by atoms with E-state index >= 15 is 0 Å². The minimum absolute atomic E-state index is 0.263. The zero-order valence-electron chi connectivity index (χ0n) is 5.32. The van der Waals surface area contributed by atoms with Crippen molar-refractivity contribution in [2.75, 3.05) is 0 Å². The number of hydrogen-bond donors (Lipinski definition) is 2. The summed E-state index contributed by atoms with van der Waals surface area (Å²) in [6.45, 7) is 0. The van der Waals surface area contributed by atoms with E-state index in [0.29, 0.717) is 0 Å². The van der Waals surface area contributed by atoms with Crippen LogP contribution in [0.5, 0.6) is 0 Å². The van der Waals surface area contributed by atoms with Crippen LogP contribution in [0.1, 0.15) is 6.42 Å². The number of allylic oxidation sites excluding steroid dienone is 1. The van der Waals surface area contributed by atoms with Crippen LogP contribution < -0.4 is 5.73 Å². The Morgan fingerprint density at radius 1 is 1.80 bits per heavy atom. The summed E-state index contributed by atoms with van der Waals surface area (Å²) >= 11 is 0. The maximum Gasteiger partial charge on any atom is 0.346 e. The summed E-state index contributed by atoms with van der Waals surface area (Å²) in [6.07, 6.45) is 5.02. The van der Waals surface area contributed by atoms with Crippen LogP contribution in [0.3, 0.4) is 0 Å². The topological polar surface area (TPSA) is 75.7 Å². The molecule has 4 nitrogen and oxygen atoms in total. The second-order valence-corrected chi connectivity index (χ2v) is 2.14. The van der Waals surface area contributed by atoms with Crippen molar-refractivity contribution in [3.8, 4) is 0 Å². The molecular weight excluding hydrogens is 132 g/mol. The fourth-order valence-electron chi connectivity index (χ4n) is 0.680. The van der Waals surface area contributed by atoms with Crippen molar-refractivity contribution in [1.82, 2.24) is 0 Å². The van der Waals surface area contributed by atoms with Crippen molar-refractivity contribution in [1.29, 1.82) is 0 Å². The molecule has 1 unspecified atom stereocenters. The molecule has 4 heteroatoms. The van der Waals surface area contributed by atoms with Crippen molar-refractivity contribution in [2.45, 2.75) is 12.1 Å². The first-order valence-electron chi connectivity index (χ1n) is 2.88. The Morgan fingerprint density at radius 2 is 2.50 bits per heavy atom. The van der Waals surface area contributed by atoms with E-state index in [-0.39, 0.29) is 6.42 Å². The van der Waals surface area contributed by atoms with Crippen LogP contribution in [0.25, 0.3) is 0 Å². The molecule has 1 aliphatic heterocycles. The van der Waals surface area contributed by atoms with Gasteiger partial charge in [0.25, 0.3) is 0 Å². The molecule has 0 amide bonds. The van der Waals surface area contributed by atoms with Gasteiger partial charge in [-0.25, -0.2) is 4.79 Å². The number of hydrogen-bond acceptors (Lipinski definition) is 3. The Labute approximate surface area is 58.1 Å². The molecule has 1 atom stereocenters. The fraction of sp³-hybridized carbons (Fsp3) is 0.333. The molecule has 1 rings (SSSR count). The summed E-state index contributed by atoms with van der Waals surface area (Å²) in [6, 6.07) is 0. The summed E-state index contributed by atoms with van der Waals surface area (Å²) in [5.41, 5.74) is 3.93. The largest absolute Gasteiger partial charge is 0.478 e. The highest BCUT2D eigenvalue weighted by Crippen LogP contribution is 2.12. The fourth-order valence-corrected chi connectivity index (χ4v) is 0.680. The van der Waals surface area contributed by atoms with Crippen molar-refractivity contribution in [2.24, 2.45) is 10.7 Å². The van der Waals surface area contributed by atoms with Gasteiger partial charge in [0, 0.05) is 12.6 Å². The first-order chi connectivity index (χ1) is 4.65. The minimum Gasteiger partial charge on any atom is -0.478 e. The summed E-state index contributed by atoms with van der Waals surface area (Å²) in [7, 11) is 0. The number of aliphatic carboxylic acids is 1. The third-order valence-corrected chi connectivity index (χ3v) is 1.33. The summed E-state index contributed by atoms with van der Waals surface area (Å²) in [5, 5.41) is 8.52. The number of carboxylic acids is 1. The number of rotatable bonds is 1. The Hall–Kier alpha value is -1.16. The lowest BCUT2D eigenvalue weighted by Crippen LogP contribution is -2.46. The lowest BCUT2D eigenvalue weighted by atomic mass is 10.1. The molecule has 0 bridgehead atoms. The molecule has 0 fully saturated rings. The second kappa shape index (κ2) is 2.22. The van der Waals surface area contributed by atoms with Gasteiger partial charge in [0.2, 0.25) is 5.66 Å². The Balaban J connectivity index is 2.80. The first-order valence-corrected chi connectivity index (χ1v) is 2.88. The van der Waals surface area contributed by atoms with Crippen molar-refractivity contribution >= 4 is 12.2 Å². The van der Waals surface area contributed by atoms with Gasteiger partial charge in [0.05, 0.1) is 0 Å². The average molecular weight is 140 g/mol. The molecule has 0 aromatic heterocycles. The lowest BCUT2D eigenvalue weighted by molar-refractivity contribution is -0.142. The van der Waals surface area contributed by atoms with Gasteiger partial charge in [0.1, 0.15) is 0 Å². The van der Waals surface area contributed by atoms with Gasteiger partial charge in [-0.3, -0.25) is 10.7 Å². The lowest BCUT2D eigenvalue weighted by Gasteiger charge is -2.19. The highest BCUT2D eigenvalue weighted by Gasteiger charge is 2.31. The minimum atomic E-state index is -1.42. The van der Waals surface area contributed by atoms with Crippen molar-refractivity contribution in [3.63, 3.8) is 0 Å². The Morgan fingerprint density at radius 3 is 2.80 bits per heavy atom. The van der Waals surface area contributed by atoms with Gasteiger partial charge in [-0.2, -0.15) is 0 Å². The van der Waals surface area contributed by atoms with Gasteiger partial charge in [-0.05, 0) is 6.08 Å². The molecule has 0 aromatic carbocycles. The average Bonchev–Trinajstić information content (AvgIpc) is 1.89. The number of carboxylic acid groups (broad SMARTS) is 1. The van der Waals surface area contributed by atoms with E-state index in [1.165, 1.54) is 6.21 Å². The smallest absolute Gasteiger partial charge is 0.346 e. The third kappa shape index (κ3) is 1.06. The van der Waals surface area contributed by atoms with Gasteiger partial charge >= 0.3 is 5.97 Å². The van der Waals surface area contributed by atoms with Crippen molar-refractivity contribution < 1.29 is 9.90 Å². The Bertz CT molecular complexity index is 210. The molecule has 0 spiro atoms. The van der Waals surface area contributed by atoms with Gasteiger partial charge in [-0.1, -0.05) is 6.08 Å². The number of dihydropyridines is 1. The van der Waals surface area contributed by atoms with E-state index in [2.05, 4.69) is 4.99 Å². The van der Waals surface area contributed by atoms with Crippen LogP contribution in [0.15, 0.2) is 17.1 Å². The van der Waals surface area contributed by atoms with Gasteiger partial charge in [-0.15, -0.1) is 0 Å². The maximum atomic E-state index is 10.4. The first kappa shape index (κ1) is 6.95. The van der Waals surface area contributed by atoms with Gasteiger partial charge in [0.15, 0.2) is 0 Å². The molecule has 0 saturated heterocycles. The maximum absolute atomic E-state index is 10.4. The zero-order chi connectivity index (χ0) is 7.61. The molecular formula is C6H8N2O2. The van der Waals surface area contributed by atoms with Crippen LogP contribution in [0, 0.1) is 0 Å². The monoisotopic (exact) mass is 140 g/mol. The van der Waals surface area contributed by atoms with E-state index < -0.39 is 11.6 Å². The second-order valence-electron chi connectivity index (χ2n) is 2.14. The van der Waals surface area contributed by atoms with E-state index in [4.69, 9.17) is 10.8 Å². The number of nitrogens with zero attached hydrogens (tertiary/aromatic N) is 1. The zero-order valence-corrected chi connectivity index (χ0v) is 5.32. The standard InChI is InChI=1S/C6H8N2O2/c7-6(5(9)10)3-1-2-4-8-6/h1-2,4H,3,7H2,(H,9,10). The highest BCUT2D eigenvalue weighted by molar-refractivity contribution is 5.84. The van der Waals surface area contributed by atoms with E-state index in [9.17, 15) is 4.79 Å². The third-order valence-electron chi connectivity index (χ3n) is 1.33. The quantitative estimate of drug-likeness (QED) is 0.527. The van der Waals surface area contributed by atoms with Crippen LogP contribution in [-0.2, 0) is 4.79 Å².